The Morgan fingerprint density at radius 1 is 1.22 bits per heavy atom. The Bertz CT molecular complexity index is 818. The minimum Gasteiger partial charge on any atom is -0.495 e. The predicted octanol–water partition coefficient (Wildman–Crippen LogP) is 1.69. The van der Waals surface area contributed by atoms with E-state index in [1.807, 2.05) is 0 Å². The van der Waals surface area contributed by atoms with Crippen LogP contribution in [-0.4, -0.2) is 51.8 Å². The number of methoxy groups -OCH3 is 1. The number of rotatable bonds is 5. The molecule has 1 aliphatic carbocycles. The standard InChI is InChI=1S/C14H18ClNO5S2/c1-21-14-5-4-12(8-13(14)15)23(19,20)16(10-2-3-10)11-6-7-22(17,18)9-11/h4-5,8,10-11H,2-3,6-7,9H2,1H3/t11-/m0/s1. The van der Waals surface area contributed by atoms with Gasteiger partial charge >= 0.3 is 0 Å². The van der Waals surface area contributed by atoms with Gasteiger partial charge in [-0.05, 0) is 37.5 Å². The van der Waals surface area contributed by atoms with Crippen LogP contribution in [0.25, 0.3) is 0 Å². The smallest absolute Gasteiger partial charge is 0.243 e. The van der Waals surface area contributed by atoms with E-state index in [1.165, 1.54) is 29.6 Å². The minimum atomic E-state index is -3.79. The fraction of sp³-hybridized carbons (Fsp3) is 0.571. The molecule has 1 heterocycles. The minimum absolute atomic E-state index is 0.0414. The second-order valence-electron chi connectivity index (χ2n) is 5.92. The molecule has 1 aliphatic heterocycles. The molecule has 0 N–H and O–H groups in total. The van der Waals surface area contributed by atoms with Gasteiger partial charge in [-0.1, -0.05) is 11.6 Å². The largest absolute Gasteiger partial charge is 0.495 e. The van der Waals surface area contributed by atoms with Gasteiger partial charge in [0.2, 0.25) is 10.0 Å². The van der Waals surface area contributed by atoms with Crippen molar-refractivity contribution < 1.29 is 21.6 Å². The zero-order valence-corrected chi connectivity index (χ0v) is 15.0. The van der Waals surface area contributed by atoms with Gasteiger partial charge in [-0.2, -0.15) is 4.31 Å². The molecule has 0 spiro atoms. The van der Waals surface area contributed by atoms with Gasteiger partial charge in [0.25, 0.3) is 0 Å². The zero-order valence-electron chi connectivity index (χ0n) is 12.6. The number of nitrogens with zero attached hydrogens (tertiary/aromatic N) is 1. The second kappa shape index (κ2) is 5.91. The first kappa shape index (κ1) is 17.0. The summed E-state index contributed by atoms with van der Waals surface area (Å²) in [5.74, 6) is 0.332. The van der Waals surface area contributed by atoms with Crippen LogP contribution in [0.3, 0.4) is 0 Å². The maximum atomic E-state index is 13.0. The molecule has 0 unspecified atom stereocenters. The van der Waals surface area contributed by atoms with Crippen LogP contribution in [0.4, 0.5) is 0 Å². The third-order valence-electron chi connectivity index (χ3n) is 4.17. The van der Waals surface area contributed by atoms with Crippen LogP contribution >= 0.6 is 11.6 Å². The van der Waals surface area contributed by atoms with Crippen molar-refractivity contribution in [3.05, 3.63) is 23.2 Å². The van der Waals surface area contributed by atoms with E-state index in [1.54, 1.807) is 0 Å². The van der Waals surface area contributed by atoms with E-state index in [2.05, 4.69) is 0 Å². The summed E-state index contributed by atoms with van der Waals surface area (Å²) in [5, 5.41) is 0.211. The van der Waals surface area contributed by atoms with E-state index in [0.717, 1.165) is 12.8 Å². The van der Waals surface area contributed by atoms with Gasteiger partial charge in [-0.15, -0.1) is 0 Å². The van der Waals surface area contributed by atoms with Gasteiger partial charge in [0.05, 0.1) is 28.5 Å². The summed E-state index contributed by atoms with van der Waals surface area (Å²) >= 11 is 6.04. The Morgan fingerprint density at radius 3 is 2.39 bits per heavy atom. The van der Waals surface area contributed by atoms with Gasteiger partial charge in [-0.25, -0.2) is 16.8 Å². The molecule has 3 rings (SSSR count). The topological polar surface area (TPSA) is 80.8 Å². The molecule has 0 amide bonds. The highest BCUT2D eigenvalue weighted by Crippen LogP contribution is 2.38. The number of sulfone groups is 1. The molecular formula is C14H18ClNO5S2. The van der Waals surface area contributed by atoms with Gasteiger partial charge in [0, 0.05) is 12.1 Å². The van der Waals surface area contributed by atoms with Crippen LogP contribution in [0.5, 0.6) is 5.75 Å². The van der Waals surface area contributed by atoms with Crippen LogP contribution in [-0.2, 0) is 19.9 Å². The highest BCUT2D eigenvalue weighted by atomic mass is 35.5. The van der Waals surface area contributed by atoms with Crippen molar-refractivity contribution in [1.29, 1.82) is 0 Å². The van der Waals surface area contributed by atoms with Crippen molar-refractivity contribution in [2.75, 3.05) is 18.6 Å². The first-order chi connectivity index (χ1) is 10.7. The summed E-state index contributed by atoms with van der Waals surface area (Å²) in [6.07, 6.45) is 1.88. The summed E-state index contributed by atoms with van der Waals surface area (Å²) in [4.78, 5) is 0.0690. The monoisotopic (exact) mass is 379 g/mol. The van der Waals surface area contributed by atoms with E-state index < -0.39 is 25.9 Å². The average molecular weight is 380 g/mol. The molecule has 9 heteroatoms. The number of hydrogen-bond donors (Lipinski definition) is 0. The maximum Gasteiger partial charge on any atom is 0.243 e. The summed E-state index contributed by atoms with van der Waals surface area (Å²) < 4.78 is 55.9. The van der Waals surface area contributed by atoms with Crippen molar-refractivity contribution in [3.8, 4) is 5.75 Å². The van der Waals surface area contributed by atoms with Crippen molar-refractivity contribution >= 4 is 31.5 Å². The summed E-state index contributed by atoms with van der Waals surface area (Å²) in [7, 11) is -5.50. The molecule has 1 aromatic carbocycles. The van der Waals surface area contributed by atoms with E-state index in [9.17, 15) is 16.8 Å². The lowest BCUT2D eigenvalue weighted by atomic mass is 10.2. The Hall–Kier alpha value is -0.830. The second-order valence-corrected chi connectivity index (χ2v) is 10.4. The van der Waals surface area contributed by atoms with Gasteiger partial charge in [0.15, 0.2) is 9.84 Å². The summed E-state index contributed by atoms with van der Waals surface area (Å²) in [5.41, 5.74) is 0. The Morgan fingerprint density at radius 2 is 1.91 bits per heavy atom. The summed E-state index contributed by atoms with van der Waals surface area (Å²) in [6, 6.07) is 3.71. The Balaban J connectivity index is 1.97. The average Bonchev–Trinajstić information content (AvgIpc) is 3.22. The van der Waals surface area contributed by atoms with Gasteiger partial charge in [-0.3, -0.25) is 0 Å². The van der Waals surface area contributed by atoms with Crippen LogP contribution < -0.4 is 4.74 Å². The number of hydrogen-bond acceptors (Lipinski definition) is 5. The molecule has 128 valence electrons. The van der Waals surface area contributed by atoms with E-state index in [-0.39, 0.29) is 27.5 Å². The SMILES string of the molecule is COc1ccc(S(=O)(=O)N(C2CC2)[C@H]2CCS(=O)(=O)C2)cc1Cl. The molecule has 6 nitrogen and oxygen atoms in total. The molecule has 2 fully saturated rings. The molecule has 1 saturated heterocycles. The zero-order chi connectivity index (χ0) is 16.8. The highest BCUT2D eigenvalue weighted by molar-refractivity contribution is 7.92. The van der Waals surface area contributed by atoms with Crippen LogP contribution in [0.1, 0.15) is 19.3 Å². The van der Waals surface area contributed by atoms with Crippen molar-refractivity contribution in [1.82, 2.24) is 4.31 Å². The molecular weight excluding hydrogens is 362 g/mol. The van der Waals surface area contributed by atoms with Gasteiger partial charge < -0.3 is 4.74 Å². The van der Waals surface area contributed by atoms with Crippen LogP contribution in [0.15, 0.2) is 23.1 Å². The lowest BCUT2D eigenvalue weighted by Gasteiger charge is -2.27. The number of ether oxygens (including phenoxy) is 1. The van der Waals surface area contributed by atoms with Crippen molar-refractivity contribution in [2.45, 2.75) is 36.2 Å². The lowest BCUT2D eigenvalue weighted by Crippen LogP contribution is -2.42. The van der Waals surface area contributed by atoms with Gasteiger partial charge in [0.1, 0.15) is 5.75 Å². The highest BCUT2D eigenvalue weighted by Gasteiger charge is 2.46. The quantitative estimate of drug-likeness (QED) is 0.777. The first-order valence-corrected chi connectivity index (χ1v) is 11.0. The van der Waals surface area contributed by atoms with Crippen LogP contribution in [0, 0.1) is 0 Å². The first-order valence-electron chi connectivity index (χ1n) is 7.32. The van der Waals surface area contributed by atoms with E-state index in [0.29, 0.717) is 12.2 Å². The molecule has 1 saturated carbocycles. The maximum absolute atomic E-state index is 13.0. The fourth-order valence-electron chi connectivity index (χ4n) is 2.93. The molecule has 1 aromatic rings. The Labute approximate surface area is 141 Å². The Kier molecular flexibility index (Phi) is 4.37. The predicted molar refractivity (Wildman–Crippen MR) is 87.1 cm³/mol. The molecule has 0 bridgehead atoms. The number of halogens is 1. The normalized spacial score (nSPS) is 24.0. The third-order valence-corrected chi connectivity index (χ3v) is 8.22. The van der Waals surface area contributed by atoms with E-state index >= 15 is 0 Å². The molecule has 0 radical (unpaired) electrons. The lowest BCUT2D eigenvalue weighted by molar-refractivity contribution is 0.332. The van der Waals surface area contributed by atoms with Crippen LogP contribution in [0.2, 0.25) is 5.02 Å². The third kappa shape index (κ3) is 3.35. The number of benzene rings is 1. The van der Waals surface area contributed by atoms with Crippen molar-refractivity contribution in [2.24, 2.45) is 0 Å². The number of sulfonamides is 1. The van der Waals surface area contributed by atoms with E-state index in [4.69, 9.17) is 16.3 Å². The molecule has 2 aliphatic rings. The molecule has 1 atom stereocenters. The fourth-order valence-corrected chi connectivity index (χ4v) is 6.98. The summed E-state index contributed by atoms with van der Waals surface area (Å²) in [6.45, 7) is 0. The van der Waals surface area contributed by atoms with Crippen molar-refractivity contribution in [3.63, 3.8) is 0 Å². The molecule has 23 heavy (non-hydrogen) atoms. The molecule has 0 aromatic heterocycles.